The van der Waals surface area contributed by atoms with Gasteiger partial charge in [-0.05, 0) is 43.2 Å². The van der Waals surface area contributed by atoms with Crippen molar-refractivity contribution in [3.05, 3.63) is 53.0 Å². The number of carbonyl (C=O) groups is 2. The lowest BCUT2D eigenvalue weighted by atomic mass is 10.1. The maximum absolute atomic E-state index is 11.7. The van der Waals surface area contributed by atoms with E-state index in [0.29, 0.717) is 11.5 Å². The van der Waals surface area contributed by atoms with Gasteiger partial charge >= 0.3 is 5.97 Å². The number of carboxylic acid groups (broad SMARTS) is 1. The molecule has 0 aliphatic carbocycles. The molecule has 6 nitrogen and oxygen atoms in total. The first-order chi connectivity index (χ1) is 10.5. The number of benzene rings is 1. The molecule has 0 atom stereocenters. The second kappa shape index (κ2) is 6.80. The normalized spacial score (nSPS) is 10.3. The zero-order valence-electron chi connectivity index (χ0n) is 12.4. The highest BCUT2D eigenvalue weighted by molar-refractivity contribution is 5.84. The number of aromatic carboxylic acids is 1. The summed E-state index contributed by atoms with van der Waals surface area (Å²) < 4.78 is 10.5. The SMILES string of the molecule is Cc1ccc(C)c(OCC(=O)NCc2ccc(C(=O)O)o2)c1. The fourth-order valence-electron chi connectivity index (χ4n) is 1.83. The lowest BCUT2D eigenvalue weighted by Crippen LogP contribution is -2.28. The number of amides is 1. The summed E-state index contributed by atoms with van der Waals surface area (Å²) in [7, 11) is 0. The first kappa shape index (κ1) is 15.6. The van der Waals surface area contributed by atoms with E-state index in [1.807, 2.05) is 32.0 Å². The van der Waals surface area contributed by atoms with Crippen LogP contribution in [0.3, 0.4) is 0 Å². The molecule has 6 heteroatoms. The Hall–Kier alpha value is -2.76. The van der Waals surface area contributed by atoms with Crippen LogP contribution in [0.2, 0.25) is 0 Å². The van der Waals surface area contributed by atoms with Crippen molar-refractivity contribution in [3.63, 3.8) is 0 Å². The summed E-state index contributed by atoms with van der Waals surface area (Å²) in [6.45, 7) is 3.85. The van der Waals surface area contributed by atoms with Crippen LogP contribution in [0.4, 0.5) is 0 Å². The molecule has 2 N–H and O–H groups in total. The number of hydrogen-bond acceptors (Lipinski definition) is 4. The smallest absolute Gasteiger partial charge is 0.371 e. The number of carbonyl (C=O) groups excluding carboxylic acids is 1. The summed E-state index contributed by atoms with van der Waals surface area (Å²) >= 11 is 0. The van der Waals surface area contributed by atoms with Crippen LogP contribution in [0.1, 0.15) is 27.4 Å². The Morgan fingerprint density at radius 2 is 2.00 bits per heavy atom. The standard InChI is InChI=1S/C16H17NO5/c1-10-3-4-11(2)14(7-10)21-9-15(18)17-8-12-5-6-13(22-12)16(19)20/h3-7H,8-9H2,1-2H3,(H,17,18)(H,19,20). The quantitative estimate of drug-likeness (QED) is 0.854. The lowest BCUT2D eigenvalue weighted by molar-refractivity contribution is -0.123. The molecular formula is C16H17NO5. The van der Waals surface area contributed by atoms with Crippen molar-refractivity contribution in [1.29, 1.82) is 0 Å². The van der Waals surface area contributed by atoms with E-state index >= 15 is 0 Å². The van der Waals surface area contributed by atoms with Gasteiger partial charge in [-0.3, -0.25) is 4.79 Å². The van der Waals surface area contributed by atoms with E-state index < -0.39 is 5.97 Å². The van der Waals surface area contributed by atoms with E-state index in [4.69, 9.17) is 14.3 Å². The topological polar surface area (TPSA) is 88.8 Å². The van der Waals surface area contributed by atoms with E-state index in [1.165, 1.54) is 12.1 Å². The zero-order chi connectivity index (χ0) is 16.1. The van der Waals surface area contributed by atoms with Gasteiger partial charge in [-0.2, -0.15) is 0 Å². The Balaban J connectivity index is 1.82. The van der Waals surface area contributed by atoms with Crippen molar-refractivity contribution >= 4 is 11.9 Å². The largest absolute Gasteiger partial charge is 0.483 e. The summed E-state index contributed by atoms with van der Waals surface area (Å²) in [6.07, 6.45) is 0. The van der Waals surface area contributed by atoms with Crippen molar-refractivity contribution in [3.8, 4) is 5.75 Å². The Morgan fingerprint density at radius 3 is 2.68 bits per heavy atom. The third-order valence-electron chi connectivity index (χ3n) is 3.03. The predicted molar refractivity (Wildman–Crippen MR) is 78.9 cm³/mol. The first-order valence-electron chi connectivity index (χ1n) is 6.74. The molecule has 0 bridgehead atoms. The molecule has 0 aliphatic heterocycles. The van der Waals surface area contributed by atoms with Gasteiger partial charge in [-0.1, -0.05) is 12.1 Å². The number of nitrogens with one attached hydrogen (secondary N) is 1. The van der Waals surface area contributed by atoms with Gasteiger partial charge in [-0.25, -0.2) is 4.79 Å². The number of furan rings is 1. The third kappa shape index (κ3) is 4.12. The Bertz CT molecular complexity index is 690. The maximum atomic E-state index is 11.7. The van der Waals surface area contributed by atoms with Crippen LogP contribution in [-0.4, -0.2) is 23.6 Å². The van der Waals surface area contributed by atoms with Gasteiger partial charge in [0, 0.05) is 0 Å². The lowest BCUT2D eigenvalue weighted by Gasteiger charge is -2.09. The van der Waals surface area contributed by atoms with Gasteiger partial charge in [0.25, 0.3) is 5.91 Å². The highest BCUT2D eigenvalue weighted by Gasteiger charge is 2.10. The highest BCUT2D eigenvalue weighted by atomic mass is 16.5. The Morgan fingerprint density at radius 1 is 1.23 bits per heavy atom. The minimum Gasteiger partial charge on any atom is -0.483 e. The Kier molecular flexibility index (Phi) is 4.83. The van der Waals surface area contributed by atoms with Crippen LogP contribution in [0.25, 0.3) is 0 Å². The van der Waals surface area contributed by atoms with Gasteiger partial charge < -0.3 is 19.6 Å². The van der Waals surface area contributed by atoms with Crippen molar-refractivity contribution in [2.75, 3.05) is 6.61 Å². The minimum absolute atomic E-state index is 0.113. The summed E-state index contributed by atoms with van der Waals surface area (Å²) in [5.41, 5.74) is 2.01. The number of aryl methyl sites for hydroxylation is 2. The van der Waals surface area contributed by atoms with Gasteiger partial charge in [0.15, 0.2) is 6.61 Å². The van der Waals surface area contributed by atoms with E-state index in [-0.39, 0.29) is 24.8 Å². The second-order valence-corrected chi connectivity index (χ2v) is 4.91. The van der Waals surface area contributed by atoms with Gasteiger partial charge in [0.05, 0.1) is 6.54 Å². The monoisotopic (exact) mass is 303 g/mol. The zero-order valence-corrected chi connectivity index (χ0v) is 12.4. The second-order valence-electron chi connectivity index (χ2n) is 4.91. The number of carboxylic acids is 1. The molecule has 2 aromatic rings. The van der Waals surface area contributed by atoms with Crippen LogP contribution in [0.5, 0.6) is 5.75 Å². The van der Waals surface area contributed by atoms with Gasteiger partial charge in [0.2, 0.25) is 5.76 Å². The molecule has 116 valence electrons. The number of hydrogen-bond donors (Lipinski definition) is 2. The van der Waals surface area contributed by atoms with E-state index in [1.54, 1.807) is 0 Å². The molecule has 0 spiro atoms. The first-order valence-corrected chi connectivity index (χ1v) is 6.74. The van der Waals surface area contributed by atoms with Crippen LogP contribution >= 0.6 is 0 Å². The number of ether oxygens (including phenoxy) is 1. The fourth-order valence-corrected chi connectivity index (χ4v) is 1.83. The highest BCUT2D eigenvalue weighted by Crippen LogP contribution is 2.18. The molecule has 22 heavy (non-hydrogen) atoms. The third-order valence-corrected chi connectivity index (χ3v) is 3.03. The molecule has 0 unspecified atom stereocenters. The maximum Gasteiger partial charge on any atom is 0.371 e. The van der Waals surface area contributed by atoms with Gasteiger partial charge in [0.1, 0.15) is 11.5 Å². The molecule has 1 aromatic carbocycles. The summed E-state index contributed by atoms with van der Waals surface area (Å²) in [4.78, 5) is 22.4. The fraction of sp³-hybridized carbons (Fsp3) is 0.250. The predicted octanol–water partition coefficient (Wildman–Crippen LogP) is 2.29. The van der Waals surface area contributed by atoms with E-state index in [2.05, 4.69) is 5.32 Å². The number of rotatable bonds is 6. The van der Waals surface area contributed by atoms with Crippen LogP contribution in [-0.2, 0) is 11.3 Å². The molecule has 1 amide bonds. The molecule has 0 saturated carbocycles. The molecule has 1 aromatic heterocycles. The molecule has 0 radical (unpaired) electrons. The van der Waals surface area contributed by atoms with Crippen LogP contribution < -0.4 is 10.1 Å². The molecule has 1 heterocycles. The van der Waals surface area contributed by atoms with Crippen molar-refractivity contribution in [2.45, 2.75) is 20.4 Å². The van der Waals surface area contributed by atoms with Gasteiger partial charge in [-0.15, -0.1) is 0 Å². The van der Waals surface area contributed by atoms with Crippen LogP contribution in [0.15, 0.2) is 34.7 Å². The van der Waals surface area contributed by atoms with E-state index in [9.17, 15) is 9.59 Å². The molecule has 2 rings (SSSR count). The molecular weight excluding hydrogens is 286 g/mol. The Labute approximate surface area is 127 Å². The average molecular weight is 303 g/mol. The molecule has 0 aliphatic rings. The van der Waals surface area contributed by atoms with Crippen molar-refractivity contribution in [2.24, 2.45) is 0 Å². The summed E-state index contributed by atoms with van der Waals surface area (Å²) in [5, 5.41) is 11.3. The summed E-state index contributed by atoms with van der Waals surface area (Å²) in [6, 6.07) is 8.62. The summed E-state index contributed by atoms with van der Waals surface area (Å²) in [5.74, 6) is -0.570. The van der Waals surface area contributed by atoms with E-state index in [0.717, 1.165) is 11.1 Å². The van der Waals surface area contributed by atoms with Crippen molar-refractivity contribution < 1.29 is 23.8 Å². The average Bonchev–Trinajstić information content (AvgIpc) is 2.95. The van der Waals surface area contributed by atoms with Crippen LogP contribution in [0, 0.1) is 13.8 Å². The molecule has 0 saturated heterocycles. The minimum atomic E-state index is -1.14. The molecule has 0 fully saturated rings. The van der Waals surface area contributed by atoms with Crippen molar-refractivity contribution in [1.82, 2.24) is 5.32 Å².